The lowest BCUT2D eigenvalue weighted by molar-refractivity contribution is -0.128. The van der Waals surface area contributed by atoms with E-state index in [-0.39, 0.29) is 12.2 Å². The molecule has 2 amide bonds. The van der Waals surface area contributed by atoms with Crippen LogP contribution in [0.4, 0.5) is 10.1 Å². The van der Waals surface area contributed by atoms with Crippen LogP contribution in [0.25, 0.3) is 11.0 Å². The summed E-state index contributed by atoms with van der Waals surface area (Å²) in [5.41, 5.74) is 1.37. The molecule has 0 radical (unpaired) electrons. The molecule has 0 bridgehead atoms. The highest BCUT2D eigenvalue weighted by Gasteiger charge is 2.36. The third-order valence-corrected chi connectivity index (χ3v) is 6.05. The van der Waals surface area contributed by atoms with Gasteiger partial charge in [-0.3, -0.25) is 14.5 Å². The van der Waals surface area contributed by atoms with E-state index >= 15 is 4.39 Å². The van der Waals surface area contributed by atoms with Crippen LogP contribution < -0.4 is 10.2 Å². The summed E-state index contributed by atoms with van der Waals surface area (Å²) in [6, 6.07) is 21.0. The van der Waals surface area contributed by atoms with Crippen molar-refractivity contribution in [1.29, 1.82) is 0 Å². The van der Waals surface area contributed by atoms with Crippen LogP contribution in [0.1, 0.15) is 38.8 Å². The summed E-state index contributed by atoms with van der Waals surface area (Å²) in [6.45, 7) is 5.56. The molecule has 0 aliphatic heterocycles. The van der Waals surface area contributed by atoms with Gasteiger partial charge in [0, 0.05) is 5.54 Å². The van der Waals surface area contributed by atoms with Crippen LogP contribution in [0.3, 0.4) is 0 Å². The van der Waals surface area contributed by atoms with Gasteiger partial charge in [-0.15, -0.1) is 5.10 Å². The van der Waals surface area contributed by atoms with E-state index in [1.165, 1.54) is 21.7 Å². The Kier molecular flexibility index (Phi) is 6.91. The number of carbonyl (C=O) groups is 2. The predicted octanol–water partition coefficient (Wildman–Crippen LogP) is 4.65. The van der Waals surface area contributed by atoms with Gasteiger partial charge >= 0.3 is 0 Å². The van der Waals surface area contributed by atoms with E-state index in [0.29, 0.717) is 23.0 Å². The van der Waals surface area contributed by atoms with Crippen LogP contribution in [0.2, 0.25) is 0 Å². The van der Waals surface area contributed by atoms with Crippen molar-refractivity contribution < 1.29 is 14.0 Å². The fourth-order valence-electron chi connectivity index (χ4n) is 3.85. The van der Waals surface area contributed by atoms with E-state index in [4.69, 9.17) is 0 Å². The van der Waals surface area contributed by atoms with E-state index in [0.717, 1.165) is 0 Å². The molecule has 1 atom stereocenters. The zero-order valence-electron chi connectivity index (χ0n) is 20.0. The first-order valence-corrected chi connectivity index (χ1v) is 11.5. The maximum absolute atomic E-state index is 15.1. The normalized spacial score (nSPS) is 12.3. The van der Waals surface area contributed by atoms with Crippen molar-refractivity contribution in [2.24, 2.45) is 0 Å². The van der Waals surface area contributed by atoms with E-state index in [2.05, 4.69) is 15.6 Å². The molecule has 8 heteroatoms. The molecule has 3 aromatic carbocycles. The molecule has 0 aliphatic carbocycles. The van der Waals surface area contributed by atoms with E-state index < -0.39 is 29.2 Å². The summed E-state index contributed by atoms with van der Waals surface area (Å²) >= 11 is 0. The Labute approximate surface area is 203 Å². The van der Waals surface area contributed by atoms with Gasteiger partial charge < -0.3 is 5.32 Å². The molecule has 0 fully saturated rings. The Balaban J connectivity index is 1.82. The minimum absolute atomic E-state index is 0.0141. The van der Waals surface area contributed by atoms with Crippen molar-refractivity contribution in [2.45, 2.75) is 45.3 Å². The Morgan fingerprint density at radius 2 is 1.66 bits per heavy atom. The summed E-state index contributed by atoms with van der Waals surface area (Å²) in [5, 5.41) is 11.2. The monoisotopic (exact) mass is 473 g/mol. The van der Waals surface area contributed by atoms with Gasteiger partial charge in [0.05, 0.1) is 11.2 Å². The van der Waals surface area contributed by atoms with Crippen molar-refractivity contribution in [3.63, 3.8) is 0 Å². The van der Waals surface area contributed by atoms with Gasteiger partial charge in [0.15, 0.2) is 0 Å². The van der Waals surface area contributed by atoms with Gasteiger partial charge in [0.1, 0.15) is 23.9 Å². The lowest BCUT2D eigenvalue weighted by Crippen LogP contribution is -2.51. The summed E-state index contributed by atoms with van der Waals surface area (Å²) in [7, 11) is 0. The quantitative estimate of drug-likeness (QED) is 0.404. The Hall–Kier alpha value is -4.07. The van der Waals surface area contributed by atoms with Gasteiger partial charge in [-0.05, 0) is 50.1 Å². The van der Waals surface area contributed by atoms with Crippen molar-refractivity contribution in [3.05, 3.63) is 90.2 Å². The number of amides is 2. The number of hydrogen-bond donors (Lipinski definition) is 1. The third-order valence-electron chi connectivity index (χ3n) is 6.05. The molecular weight excluding hydrogens is 445 g/mol. The SMILES string of the molecule is CCC(C)(C)NC(=O)[C@H](c1ccccc1)N(C(=O)Cn1nnc2ccccc21)c1ccccc1F. The zero-order chi connectivity index (χ0) is 25.0. The van der Waals surface area contributed by atoms with Gasteiger partial charge in [0.25, 0.3) is 0 Å². The molecule has 1 aromatic heterocycles. The second-order valence-corrected chi connectivity index (χ2v) is 8.99. The van der Waals surface area contributed by atoms with E-state index in [1.807, 2.05) is 39.0 Å². The second-order valence-electron chi connectivity index (χ2n) is 8.99. The minimum Gasteiger partial charge on any atom is -0.349 e. The fourth-order valence-corrected chi connectivity index (χ4v) is 3.85. The number of para-hydroxylation sites is 2. The number of nitrogens with one attached hydrogen (secondary N) is 1. The van der Waals surface area contributed by atoms with Crippen molar-refractivity contribution in [2.75, 3.05) is 4.90 Å². The minimum atomic E-state index is -1.10. The molecule has 180 valence electrons. The highest BCUT2D eigenvalue weighted by atomic mass is 19.1. The van der Waals surface area contributed by atoms with Crippen molar-refractivity contribution in [3.8, 4) is 0 Å². The molecule has 0 spiro atoms. The molecule has 4 rings (SSSR count). The molecular formula is C27H28FN5O2. The second kappa shape index (κ2) is 10.0. The number of fused-ring (bicyclic) bond motifs is 1. The Morgan fingerprint density at radius 1 is 1.00 bits per heavy atom. The van der Waals surface area contributed by atoms with Crippen LogP contribution in [0.5, 0.6) is 0 Å². The molecule has 35 heavy (non-hydrogen) atoms. The lowest BCUT2D eigenvalue weighted by Gasteiger charge is -2.34. The number of hydrogen-bond acceptors (Lipinski definition) is 4. The summed E-state index contributed by atoms with van der Waals surface area (Å²) < 4.78 is 16.6. The largest absolute Gasteiger partial charge is 0.349 e. The third kappa shape index (κ3) is 5.21. The number of aromatic nitrogens is 3. The lowest BCUT2D eigenvalue weighted by atomic mass is 9.98. The molecule has 7 nitrogen and oxygen atoms in total. The maximum Gasteiger partial charge on any atom is 0.249 e. The van der Waals surface area contributed by atoms with Crippen LogP contribution in [-0.2, 0) is 16.1 Å². The van der Waals surface area contributed by atoms with Crippen LogP contribution in [-0.4, -0.2) is 32.3 Å². The number of halogens is 1. The molecule has 0 saturated heterocycles. The Morgan fingerprint density at radius 3 is 2.37 bits per heavy atom. The average molecular weight is 474 g/mol. The first kappa shape index (κ1) is 24.1. The van der Waals surface area contributed by atoms with Crippen molar-refractivity contribution >= 4 is 28.5 Å². The standard InChI is InChI=1S/C27H28FN5O2/c1-4-27(2,3)29-26(35)25(19-12-6-5-7-13-19)33(22-16-10-8-14-20(22)28)24(34)18-32-23-17-11-9-15-21(23)30-31-32/h5-17,25H,4,18H2,1-3H3,(H,29,35)/t25-/m0/s1. The molecule has 0 aliphatic rings. The maximum atomic E-state index is 15.1. The van der Waals surface area contributed by atoms with Gasteiger partial charge in [-0.25, -0.2) is 9.07 Å². The highest BCUT2D eigenvalue weighted by molar-refractivity contribution is 6.01. The number of benzene rings is 3. The van der Waals surface area contributed by atoms with Crippen molar-refractivity contribution in [1.82, 2.24) is 20.3 Å². The topological polar surface area (TPSA) is 80.1 Å². The van der Waals surface area contributed by atoms with Gasteiger partial charge in [-0.2, -0.15) is 0 Å². The average Bonchev–Trinajstić information content (AvgIpc) is 3.26. The van der Waals surface area contributed by atoms with Crippen LogP contribution in [0, 0.1) is 5.82 Å². The van der Waals surface area contributed by atoms with Gasteiger partial charge in [0.2, 0.25) is 11.8 Å². The number of nitrogens with zero attached hydrogens (tertiary/aromatic N) is 4. The fraction of sp³-hybridized carbons (Fsp3) is 0.259. The Bertz CT molecular complexity index is 1340. The van der Waals surface area contributed by atoms with E-state index in [1.54, 1.807) is 48.5 Å². The summed E-state index contributed by atoms with van der Waals surface area (Å²) in [6.07, 6.45) is 0.679. The van der Waals surface area contributed by atoms with Gasteiger partial charge in [-0.1, -0.05) is 66.7 Å². The van der Waals surface area contributed by atoms with Crippen LogP contribution >= 0.6 is 0 Å². The zero-order valence-corrected chi connectivity index (χ0v) is 20.0. The smallest absolute Gasteiger partial charge is 0.249 e. The number of anilines is 1. The summed E-state index contributed by atoms with van der Waals surface area (Å²) in [4.78, 5) is 28.8. The predicted molar refractivity (Wildman–Crippen MR) is 133 cm³/mol. The molecule has 1 heterocycles. The van der Waals surface area contributed by atoms with Crippen LogP contribution in [0.15, 0.2) is 78.9 Å². The molecule has 0 saturated carbocycles. The summed E-state index contributed by atoms with van der Waals surface area (Å²) in [5.74, 6) is -1.50. The first-order chi connectivity index (χ1) is 16.8. The molecule has 0 unspecified atom stereocenters. The number of carbonyl (C=O) groups excluding carboxylic acids is 2. The van der Waals surface area contributed by atoms with E-state index in [9.17, 15) is 9.59 Å². The first-order valence-electron chi connectivity index (χ1n) is 11.5. The highest BCUT2D eigenvalue weighted by Crippen LogP contribution is 2.31. The molecule has 1 N–H and O–H groups in total. The number of rotatable bonds is 8. The molecule has 4 aromatic rings.